The summed E-state index contributed by atoms with van der Waals surface area (Å²) in [5.74, 6) is 1.23. The summed E-state index contributed by atoms with van der Waals surface area (Å²) < 4.78 is 5.41. The summed E-state index contributed by atoms with van der Waals surface area (Å²) in [6.07, 6.45) is 3.38. The van der Waals surface area contributed by atoms with Gasteiger partial charge in [0.25, 0.3) is 5.91 Å². The van der Waals surface area contributed by atoms with Crippen LogP contribution in [0.15, 0.2) is 46.6 Å². The molecule has 2 atom stereocenters. The number of nitrogens with zero attached hydrogens (tertiary/aromatic N) is 2. The normalized spacial score (nSPS) is 25.3. The van der Waals surface area contributed by atoms with Gasteiger partial charge in [0.05, 0.1) is 6.04 Å². The second-order valence-corrected chi connectivity index (χ2v) is 7.06. The van der Waals surface area contributed by atoms with E-state index in [2.05, 4.69) is 21.0 Å². The second-order valence-electron chi connectivity index (χ2n) is 7.06. The van der Waals surface area contributed by atoms with Crippen LogP contribution < -0.4 is 10.8 Å². The van der Waals surface area contributed by atoms with E-state index in [1.807, 2.05) is 30.3 Å². The van der Waals surface area contributed by atoms with E-state index in [4.69, 9.17) is 9.25 Å². The highest BCUT2D eigenvalue weighted by atomic mass is 16.7. The fourth-order valence-corrected chi connectivity index (χ4v) is 3.33. The Kier molecular flexibility index (Phi) is 4.91. The van der Waals surface area contributed by atoms with Crippen molar-refractivity contribution in [2.24, 2.45) is 5.92 Å². The minimum Gasteiger partial charge on any atom is -0.422 e. The molecule has 3 N–H and O–H groups in total. The van der Waals surface area contributed by atoms with Gasteiger partial charge in [-0.05, 0) is 37.3 Å². The van der Waals surface area contributed by atoms with Gasteiger partial charge < -0.3 is 19.7 Å². The lowest BCUT2D eigenvalue weighted by Gasteiger charge is -2.35. The van der Waals surface area contributed by atoms with Crippen molar-refractivity contribution < 1.29 is 19.2 Å². The molecule has 2 aromatic rings. The predicted molar refractivity (Wildman–Crippen MR) is 94.8 cm³/mol. The van der Waals surface area contributed by atoms with Crippen LogP contribution in [0.2, 0.25) is 0 Å². The number of carbonyl (C=O) groups excluding carboxylic acids is 1. The number of hydroxylamine groups is 1. The van der Waals surface area contributed by atoms with Gasteiger partial charge in [-0.25, -0.2) is 0 Å². The number of amides is 1. The number of carbonyl (C=O) groups is 1. The Labute approximate surface area is 156 Å². The Bertz CT molecular complexity index is 827. The number of hydrogen-bond donors (Lipinski definition) is 3. The molecule has 1 fully saturated rings. The van der Waals surface area contributed by atoms with Crippen LogP contribution in [0.5, 0.6) is 0 Å². The van der Waals surface area contributed by atoms with E-state index in [1.54, 1.807) is 13.0 Å². The van der Waals surface area contributed by atoms with Crippen LogP contribution in [0.3, 0.4) is 0 Å². The van der Waals surface area contributed by atoms with Crippen LogP contribution in [-0.4, -0.2) is 27.3 Å². The number of rotatable bonds is 6. The number of aliphatic hydroxyl groups excluding tert-OH is 1. The van der Waals surface area contributed by atoms with Gasteiger partial charge in [0, 0.05) is 12.5 Å². The molecule has 2 heterocycles. The van der Waals surface area contributed by atoms with Gasteiger partial charge in [-0.3, -0.25) is 4.79 Å². The number of aliphatic hydroxyl groups is 1. The number of hydrogen-bond acceptors (Lipinski definition) is 7. The van der Waals surface area contributed by atoms with Crippen LogP contribution in [0.1, 0.15) is 49.3 Å². The van der Waals surface area contributed by atoms with E-state index in [1.165, 1.54) is 0 Å². The van der Waals surface area contributed by atoms with E-state index in [0.29, 0.717) is 24.0 Å². The second kappa shape index (κ2) is 7.50. The minimum atomic E-state index is -0.757. The zero-order valence-electron chi connectivity index (χ0n) is 15.0. The molecule has 1 amide bonds. The highest BCUT2D eigenvalue weighted by Crippen LogP contribution is 2.31. The fraction of sp³-hybridized carbons (Fsp3) is 0.421. The molecular weight excluding hydrogens is 348 g/mol. The average Bonchev–Trinajstić information content (AvgIpc) is 3.30. The van der Waals surface area contributed by atoms with Crippen molar-refractivity contribution >= 4 is 5.91 Å². The van der Waals surface area contributed by atoms with Gasteiger partial charge >= 0.3 is 0 Å². The van der Waals surface area contributed by atoms with Crippen molar-refractivity contribution in [1.82, 2.24) is 21.0 Å². The van der Waals surface area contributed by atoms with E-state index in [0.717, 1.165) is 18.4 Å². The number of benzene rings is 1. The Morgan fingerprint density at radius 2 is 2.11 bits per heavy atom. The van der Waals surface area contributed by atoms with Gasteiger partial charge in [0.2, 0.25) is 17.5 Å². The molecule has 27 heavy (non-hydrogen) atoms. The van der Waals surface area contributed by atoms with E-state index < -0.39 is 6.10 Å². The van der Waals surface area contributed by atoms with Crippen molar-refractivity contribution in [2.45, 2.75) is 44.4 Å². The van der Waals surface area contributed by atoms with E-state index >= 15 is 0 Å². The topological polar surface area (TPSA) is 110 Å². The van der Waals surface area contributed by atoms with Crippen molar-refractivity contribution in [1.29, 1.82) is 0 Å². The highest BCUT2D eigenvalue weighted by Gasteiger charge is 2.33. The molecule has 2 aliphatic rings. The predicted octanol–water partition coefficient (Wildman–Crippen LogP) is 1.72. The smallest absolute Gasteiger partial charge is 0.288 e. The maximum atomic E-state index is 12.4. The zero-order chi connectivity index (χ0) is 18.8. The maximum absolute atomic E-state index is 12.4. The number of aromatic nitrogens is 2. The molecule has 8 nitrogen and oxygen atoms in total. The van der Waals surface area contributed by atoms with Crippen molar-refractivity contribution in [3.05, 3.63) is 59.5 Å². The Balaban J connectivity index is 1.24. The summed E-state index contributed by atoms with van der Waals surface area (Å²) in [4.78, 5) is 17.7. The third-order valence-corrected chi connectivity index (χ3v) is 4.87. The largest absolute Gasteiger partial charge is 0.422 e. The lowest BCUT2D eigenvalue weighted by molar-refractivity contribution is -0.123. The lowest BCUT2D eigenvalue weighted by atomic mass is 9.78. The number of nitrogens with one attached hydrogen (secondary N) is 2. The summed E-state index contributed by atoms with van der Waals surface area (Å²) in [5, 5.41) is 20.2. The van der Waals surface area contributed by atoms with Crippen LogP contribution in [0.25, 0.3) is 0 Å². The minimum absolute atomic E-state index is 0.113. The first kappa shape index (κ1) is 17.7. The van der Waals surface area contributed by atoms with Crippen LogP contribution in [0, 0.1) is 5.92 Å². The molecule has 142 valence electrons. The molecule has 1 aromatic carbocycles. The highest BCUT2D eigenvalue weighted by molar-refractivity contribution is 5.92. The molecule has 1 aliphatic heterocycles. The van der Waals surface area contributed by atoms with Gasteiger partial charge in [-0.15, -0.1) is 15.7 Å². The zero-order valence-corrected chi connectivity index (χ0v) is 15.0. The summed E-state index contributed by atoms with van der Waals surface area (Å²) in [6.45, 7) is 1.59. The third kappa shape index (κ3) is 4.01. The van der Waals surface area contributed by atoms with Gasteiger partial charge in [-0.2, -0.15) is 0 Å². The molecule has 0 radical (unpaired) electrons. The Morgan fingerprint density at radius 3 is 2.81 bits per heavy atom. The molecule has 0 saturated heterocycles. The van der Waals surface area contributed by atoms with Gasteiger partial charge in [0.1, 0.15) is 6.10 Å². The average molecular weight is 370 g/mol. The van der Waals surface area contributed by atoms with Crippen molar-refractivity contribution in [3.63, 3.8) is 0 Å². The van der Waals surface area contributed by atoms with Crippen LogP contribution >= 0.6 is 0 Å². The first-order valence-electron chi connectivity index (χ1n) is 9.09. The summed E-state index contributed by atoms with van der Waals surface area (Å²) >= 11 is 0. The molecule has 1 unspecified atom stereocenters. The van der Waals surface area contributed by atoms with Crippen molar-refractivity contribution in [2.75, 3.05) is 0 Å². The van der Waals surface area contributed by atoms with E-state index in [9.17, 15) is 9.90 Å². The Morgan fingerprint density at radius 1 is 1.33 bits per heavy atom. The molecule has 1 aliphatic carbocycles. The first-order valence-corrected chi connectivity index (χ1v) is 9.09. The maximum Gasteiger partial charge on any atom is 0.288 e. The quantitative estimate of drug-likeness (QED) is 0.710. The molecule has 1 saturated carbocycles. The molecule has 4 rings (SSSR count). The van der Waals surface area contributed by atoms with Gasteiger partial charge in [0.15, 0.2) is 0 Å². The third-order valence-electron chi connectivity index (χ3n) is 4.87. The first-order chi connectivity index (χ1) is 13.1. The summed E-state index contributed by atoms with van der Waals surface area (Å²) in [6, 6.07) is 9.80. The monoisotopic (exact) mass is 370 g/mol. The lowest BCUT2D eigenvalue weighted by Crippen LogP contribution is -2.45. The molecule has 0 spiro atoms. The SMILES string of the molecule is C[C@@H](O)c1nnc(CC2CC(NC(=O)C3=CC(c4ccccc4)NO3)C2)o1. The van der Waals surface area contributed by atoms with Crippen LogP contribution in [-0.2, 0) is 16.1 Å². The Hall–Kier alpha value is -2.71. The molecule has 1 aromatic heterocycles. The molecular formula is C19H22N4O4. The fourth-order valence-electron chi connectivity index (χ4n) is 3.33. The molecule has 0 bridgehead atoms. The van der Waals surface area contributed by atoms with Crippen LogP contribution in [0.4, 0.5) is 0 Å². The standard InChI is InChI=1S/C19H22N4O4/c1-11(24)19-22-21-17(26-19)9-12-7-14(8-12)20-18(25)16-10-15(23-27-16)13-5-3-2-4-6-13/h2-6,10-12,14-15,23-24H,7-9H2,1H3,(H,20,25)/t11-,12?,14?,15?/m1/s1. The summed E-state index contributed by atoms with van der Waals surface area (Å²) in [5.41, 5.74) is 3.91. The van der Waals surface area contributed by atoms with Crippen molar-refractivity contribution in [3.8, 4) is 0 Å². The van der Waals surface area contributed by atoms with Gasteiger partial charge in [-0.1, -0.05) is 30.3 Å². The molecule has 8 heteroatoms. The van der Waals surface area contributed by atoms with E-state index in [-0.39, 0.29) is 23.9 Å². The summed E-state index contributed by atoms with van der Waals surface area (Å²) in [7, 11) is 0.